The minimum Gasteiger partial charge on any atom is -0.481 e. The summed E-state index contributed by atoms with van der Waals surface area (Å²) >= 11 is 0. The number of carboxylic acids is 1. The van der Waals surface area contributed by atoms with Gasteiger partial charge in [0.2, 0.25) is 0 Å². The number of rotatable bonds is 4. The van der Waals surface area contributed by atoms with Crippen LogP contribution in [0.4, 0.5) is 0 Å². The van der Waals surface area contributed by atoms with Crippen molar-refractivity contribution < 1.29 is 14.4 Å². The van der Waals surface area contributed by atoms with Crippen molar-refractivity contribution in [1.82, 2.24) is 9.72 Å². The number of nitrogens with zero attached hydrogens (tertiary/aromatic N) is 2. The molecule has 0 aliphatic heterocycles. The molecule has 0 radical (unpaired) electrons. The number of para-hydroxylation sites is 1. The average molecular weight is 270 g/mol. The molecule has 0 aliphatic carbocycles. The van der Waals surface area contributed by atoms with Crippen LogP contribution in [0.2, 0.25) is 0 Å². The van der Waals surface area contributed by atoms with Crippen LogP contribution < -0.4 is 0 Å². The van der Waals surface area contributed by atoms with Gasteiger partial charge < -0.3 is 14.2 Å². The van der Waals surface area contributed by atoms with Crippen molar-refractivity contribution in [2.24, 2.45) is 0 Å². The number of aliphatic carboxylic acids is 1. The quantitative estimate of drug-likeness (QED) is 0.791. The molecule has 0 fully saturated rings. The molecule has 20 heavy (non-hydrogen) atoms. The number of aromatic nitrogens is 2. The predicted octanol–water partition coefficient (Wildman–Crippen LogP) is 2.61. The van der Waals surface area contributed by atoms with Crippen molar-refractivity contribution in [3.05, 3.63) is 53.5 Å². The zero-order valence-electron chi connectivity index (χ0n) is 11.0. The van der Waals surface area contributed by atoms with Gasteiger partial charge in [0, 0.05) is 23.2 Å². The largest absolute Gasteiger partial charge is 0.481 e. The van der Waals surface area contributed by atoms with E-state index in [9.17, 15) is 4.79 Å². The van der Waals surface area contributed by atoms with Gasteiger partial charge in [0.25, 0.3) is 0 Å². The van der Waals surface area contributed by atoms with Crippen molar-refractivity contribution in [3.8, 4) is 0 Å². The maximum absolute atomic E-state index is 10.9. The molecule has 102 valence electrons. The molecule has 0 saturated carbocycles. The monoisotopic (exact) mass is 270 g/mol. The van der Waals surface area contributed by atoms with Crippen LogP contribution in [-0.2, 0) is 17.8 Å². The van der Waals surface area contributed by atoms with Crippen LogP contribution in [0.1, 0.15) is 17.0 Å². The fraction of sp³-hybridized carbons (Fsp3) is 0.200. The van der Waals surface area contributed by atoms with Crippen LogP contribution in [0.3, 0.4) is 0 Å². The third-order valence-corrected chi connectivity index (χ3v) is 3.22. The molecule has 2 aromatic heterocycles. The van der Waals surface area contributed by atoms with E-state index in [1.807, 2.05) is 48.0 Å². The molecule has 0 saturated heterocycles. The zero-order chi connectivity index (χ0) is 14.1. The third-order valence-electron chi connectivity index (χ3n) is 3.22. The minimum absolute atomic E-state index is 0.0192. The first-order valence-electron chi connectivity index (χ1n) is 6.34. The highest BCUT2D eigenvalue weighted by Gasteiger charge is 2.12. The number of aryl methyl sites for hydroxylation is 1. The molecule has 5 nitrogen and oxygen atoms in total. The smallest absolute Gasteiger partial charge is 0.307 e. The van der Waals surface area contributed by atoms with Gasteiger partial charge >= 0.3 is 5.97 Å². The number of carbonyl (C=O) groups is 1. The number of benzene rings is 1. The molecule has 1 aromatic carbocycles. The summed E-state index contributed by atoms with van der Waals surface area (Å²) < 4.78 is 7.07. The maximum Gasteiger partial charge on any atom is 0.307 e. The molecule has 0 bridgehead atoms. The third kappa shape index (κ3) is 2.30. The Balaban J connectivity index is 2.04. The lowest BCUT2D eigenvalue weighted by atomic mass is 10.1. The van der Waals surface area contributed by atoms with E-state index in [1.54, 1.807) is 0 Å². The molecular weight excluding hydrogens is 256 g/mol. The van der Waals surface area contributed by atoms with E-state index in [0.29, 0.717) is 6.54 Å². The van der Waals surface area contributed by atoms with E-state index in [1.165, 1.54) is 0 Å². The summed E-state index contributed by atoms with van der Waals surface area (Å²) in [5.41, 5.74) is 2.64. The van der Waals surface area contributed by atoms with Gasteiger partial charge in [-0.25, -0.2) is 0 Å². The van der Waals surface area contributed by atoms with Crippen molar-refractivity contribution in [3.63, 3.8) is 0 Å². The van der Waals surface area contributed by atoms with Gasteiger partial charge in [0.1, 0.15) is 11.5 Å². The number of fused-ring (bicyclic) bond motifs is 1. The van der Waals surface area contributed by atoms with E-state index in [4.69, 9.17) is 9.63 Å². The molecule has 0 aliphatic rings. The lowest BCUT2D eigenvalue weighted by molar-refractivity contribution is -0.136. The Morgan fingerprint density at radius 2 is 2.20 bits per heavy atom. The van der Waals surface area contributed by atoms with Crippen LogP contribution >= 0.6 is 0 Å². The molecule has 5 heteroatoms. The Hall–Kier alpha value is -2.56. The van der Waals surface area contributed by atoms with E-state index in [-0.39, 0.29) is 6.42 Å². The first-order valence-corrected chi connectivity index (χ1v) is 6.34. The minimum atomic E-state index is -0.829. The van der Waals surface area contributed by atoms with Gasteiger partial charge in [-0.2, -0.15) is 0 Å². The predicted molar refractivity (Wildman–Crippen MR) is 73.6 cm³/mol. The Kier molecular flexibility index (Phi) is 3.02. The summed E-state index contributed by atoms with van der Waals surface area (Å²) in [6, 6.07) is 9.66. The van der Waals surface area contributed by atoms with Crippen LogP contribution in [0.5, 0.6) is 0 Å². The first kappa shape index (κ1) is 12.5. The standard InChI is InChI=1S/C15H14N2O3/c1-10-6-12(16-20-10)9-17-8-11(7-15(18)19)13-4-2-3-5-14(13)17/h2-6,8H,7,9H2,1H3,(H,18,19). The SMILES string of the molecule is Cc1cc(Cn2cc(CC(=O)O)c3ccccc32)no1. The van der Waals surface area contributed by atoms with Crippen LogP contribution in [0.15, 0.2) is 41.1 Å². The van der Waals surface area contributed by atoms with Crippen molar-refractivity contribution in [1.29, 1.82) is 0 Å². The fourth-order valence-corrected chi connectivity index (χ4v) is 2.42. The fourth-order valence-electron chi connectivity index (χ4n) is 2.42. The Labute approximate surface area is 115 Å². The van der Waals surface area contributed by atoms with Gasteiger partial charge in [0.05, 0.1) is 13.0 Å². The van der Waals surface area contributed by atoms with Crippen molar-refractivity contribution in [2.45, 2.75) is 19.9 Å². The molecule has 0 amide bonds. The summed E-state index contributed by atoms with van der Waals surface area (Å²) in [6.07, 6.45) is 1.90. The van der Waals surface area contributed by atoms with E-state index in [0.717, 1.165) is 27.9 Å². The van der Waals surface area contributed by atoms with Gasteiger partial charge in [0.15, 0.2) is 0 Å². The van der Waals surface area contributed by atoms with Crippen LogP contribution in [0.25, 0.3) is 10.9 Å². The molecule has 3 aromatic rings. The molecule has 0 unspecified atom stereocenters. The highest BCUT2D eigenvalue weighted by atomic mass is 16.5. The zero-order valence-corrected chi connectivity index (χ0v) is 11.0. The lowest BCUT2D eigenvalue weighted by Crippen LogP contribution is -2.00. The van der Waals surface area contributed by atoms with Gasteiger partial charge in [-0.3, -0.25) is 4.79 Å². The van der Waals surface area contributed by atoms with E-state index >= 15 is 0 Å². The molecular formula is C15H14N2O3. The van der Waals surface area contributed by atoms with Gasteiger partial charge in [-0.1, -0.05) is 23.4 Å². The first-order chi connectivity index (χ1) is 9.63. The second kappa shape index (κ2) is 4.85. The van der Waals surface area contributed by atoms with Crippen molar-refractivity contribution >= 4 is 16.9 Å². The van der Waals surface area contributed by atoms with Gasteiger partial charge in [-0.15, -0.1) is 0 Å². The van der Waals surface area contributed by atoms with E-state index in [2.05, 4.69) is 5.16 Å². The van der Waals surface area contributed by atoms with E-state index < -0.39 is 5.97 Å². The number of hydrogen-bond acceptors (Lipinski definition) is 3. The van der Waals surface area contributed by atoms with Gasteiger partial charge in [-0.05, 0) is 18.6 Å². The summed E-state index contributed by atoms with van der Waals surface area (Å²) in [5.74, 6) is -0.0626. The Morgan fingerprint density at radius 3 is 2.90 bits per heavy atom. The normalized spacial score (nSPS) is 11.1. The van der Waals surface area contributed by atoms with Crippen molar-refractivity contribution in [2.75, 3.05) is 0 Å². The lowest BCUT2D eigenvalue weighted by Gasteiger charge is -2.01. The summed E-state index contributed by atoms with van der Waals surface area (Å²) in [7, 11) is 0. The molecule has 0 atom stereocenters. The Morgan fingerprint density at radius 1 is 1.40 bits per heavy atom. The molecule has 0 spiro atoms. The second-order valence-corrected chi connectivity index (χ2v) is 4.80. The molecule has 2 heterocycles. The highest BCUT2D eigenvalue weighted by molar-refractivity contribution is 5.87. The molecule has 1 N–H and O–H groups in total. The topological polar surface area (TPSA) is 68.3 Å². The Bertz CT molecular complexity index is 770. The summed E-state index contributed by atoms with van der Waals surface area (Å²) in [6.45, 7) is 2.41. The average Bonchev–Trinajstić information content (AvgIpc) is 2.95. The number of carboxylic acid groups (broad SMARTS) is 1. The molecule has 3 rings (SSSR count). The summed E-state index contributed by atoms with van der Waals surface area (Å²) in [5, 5.41) is 13.9. The van der Waals surface area contributed by atoms with Crippen LogP contribution in [0, 0.1) is 6.92 Å². The maximum atomic E-state index is 10.9. The highest BCUT2D eigenvalue weighted by Crippen LogP contribution is 2.22. The second-order valence-electron chi connectivity index (χ2n) is 4.80. The number of hydrogen-bond donors (Lipinski definition) is 1. The summed E-state index contributed by atoms with van der Waals surface area (Å²) in [4.78, 5) is 10.9. The van der Waals surface area contributed by atoms with Crippen LogP contribution in [-0.4, -0.2) is 20.8 Å².